The zero-order chi connectivity index (χ0) is 14.5. The highest BCUT2D eigenvalue weighted by Crippen LogP contribution is 2.31. The van der Waals surface area contributed by atoms with Crippen molar-refractivity contribution in [3.05, 3.63) is 22.2 Å². The highest BCUT2D eigenvalue weighted by Gasteiger charge is 2.17. The molecular weight excluding hydrogens is 324 g/mol. The molecule has 1 heterocycles. The first-order valence-electron chi connectivity index (χ1n) is 6.60. The Kier molecular flexibility index (Phi) is 5.25. The largest absolute Gasteiger partial charge is 0.495 e. The van der Waals surface area contributed by atoms with Crippen molar-refractivity contribution in [1.29, 1.82) is 0 Å². The topological polar surface area (TPSA) is 59.6 Å². The predicted octanol–water partition coefficient (Wildman–Crippen LogP) is 3.07. The number of carbonyl (C=O) groups excluding carboxylic acids is 1. The fraction of sp³-hybridized carbons (Fsp3) is 0.500. The number of benzene rings is 1. The van der Waals surface area contributed by atoms with Crippen LogP contribution in [0.5, 0.6) is 5.75 Å². The van der Waals surface area contributed by atoms with Crippen LogP contribution in [0.25, 0.3) is 0 Å². The second kappa shape index (κ2) is 6.95. The van der Waals surface area contributed by atoms with E-state index in [1.165, 1.54) is 0 Å². The number of hydrogen-bond donors (Lipinski definition) is 2. The molecule has 1 atom stereocenters. The van der Waals surface area contributed by atoms with Crippen LogP contribution in [0.4, 0.5) is 10.5 Å². The fourth-order valence-corrected chi connectivity index (χ4v) is 2.75. The lowest BCUT2D eigenvalue weighted by Gasteiger charge is -2.15. The quantitative estimate of drug-likeness (QED) is 0.883. The van der Waals surface area contributed by atoms with Gasteiger partial charge in [-0.1, -0.05) is 15.9 Å². The van der Waals surface area contributed by atoms with Gasteiger partial charge >= 0.3 is 6.03 Å². The van der Waals surface area contributed by atoms with E-state index in [1.807, 2.05) is 19.1 Å². The van der Waals surface area contributed by atoms with Gasteiger partial charge in [0.25, 0.3) is 0 Å². The maximum Gasteiger partial charge on any atom is 0.319 e. The molecule has 2 amide bonds. The molecule has 0 bridgehead atoms. The van der Waals surface area contributed by atoms with Gasteiger partial charge in [-0.15, -0.1) is 0 Å². The van der Waals surface area contributed by atoms with Crippen molar-refractivity contribution in [3.63, 3.8) is 0 Å². The van der Waals surface area contributed by atoms with E-state index in [-0.39, 0.29) is 12.1 Å². The summed E-state index contributed by atoms with van der Waals surface area (Å²) >= 11 is 3.40. The number of hydrogen-bond acceptors (Lipinski definition) is 3. The van der Waals surface area contributed by atoms with Crippen molar-refractivity contribution in [2.24, 2.45) is 0 Å². The van der Waals surface area contributed by atoms with E-state index < -0.39 is 0 Å². The van der Waals surface area contributed by atoms with Crippen LogP contribution in [0.3, 0.4) is 0 Å². The minimum absolute atomic E-state index is 0.133. The molecule has 1 aliphatic heterocycles. The van der Waals surface area contributed by atoms with E-state index in [9.17, 15) is 4.79 Å². The first kappa shape index (κ1) is 15.1. The Bertz CT molecular complexity index is 488. The Hall–Kier alpha value is -1.27. The molecule has 6 heteroatoms. The van der Waals surface area contributed by atoms with Gasteiger partial charge in [0.15, 0.2) is 0 Å². The van der Waals surface area contributed by atoms with Crippen LogP contribution in [0, 0.1) is 6.92 Å². The van der Waals surface area contributed by atoms with E-state index >= 15 is 0 Å². The predicted molar refractivity (Wildman–Crippen MR) is 81.4 cm³/mol. The Morgan fingerprint density at radius 1 is 1.55 bits per heavy atom. The molecule has 1 aromatic carbocycles. The molecule has 20 heavy (non-hydrogen) atoms. The van der Waals surface area contributed by atoms with Crippen molar-refractivity contribution < 1.29 is 14.3 Å². The summed E-state index contributed by atoms with van der Waals surface area (Å²) in [6.07, 6.45) is 2.20. The minimum atomic E-state index is -0.246. The lowest BCUT2D eigenvalue weighted by molar-refractivity contribution is 0.112. The van der Waals surface area contributed by atoms with Gasteiger partial charge in [0.2, 0.25) is 0 Å². The van der Waals surface area contributed by atoms with Crippen LogP contribution >= 0.6 is 15.9 Å². The van der Waals surface area contributed by atoms with E-state index in [4.69, 9.17) is 9.47 Å². The molecule has 0 aliphatic carbocycles. The van der Waals surface area contributed by atoms with E-state index in [0.717, 1.165) is 29.5 Å². The fourth-order valence-electron chi connectivity index (χ4n) is 2.20. The molecular formula is C14H19BrN2O3. The second-order valence-electron chi connectivity index (χ2n) is 4.77. The standard InChI is InChI=1S/C14H19BrN2O3/c1-9-6-10(15)7-12(19-2)13(9)17-14(18)16-8-11-4-3-5-20-11/h6-7,11H,3-5,8H2,1-2H3,(H2,16,17,18). The van der Waals surface area contributed by atoms with Crippen molar-refractivity contribution in [2.45, 2.75) is 25.9 Å². The highest BCUT2D eigenvalue weighted by atomic mass is 79.9. The minimum Gasteiger partial charge on any atom is -0.495 e. The van der Waals surface area contributed by atoms with Crippen LogP contribution in [-0.4, -0.2) is 32.4 Å². The highest BCUT2D eigenvalue weighted by molar-refractivity contribution is 9.10. The summed E-state index contributed by atoms with van der Waals surface area (Å²) in [5, 5.41) is 5.65. The van der Waals surface area contributed by atoms with Gasteiger partial charge in [-0.3, -0.25) is 0 Å². The van der Waals surface area contributed by atoms with Crippen LogP contribution in [-0.2, 0) is 4.74 Å². The SMILES string of the molecule is COc1cc(Br)cc(C)c1NC(=O)NCC1CCCO1. The number of anilines is 1. The second-order valence-corrected chi connectivity index (χ2v) is 5.69. The third-order valence-corrected chi connectivity index (χ3v) is 3.69. The summed E-state index contributed by atoms with van der Waals surface area (Å²) in [7, 11) is 1.58. The summed E-state index contributed by atoms with van der Waals surface area (Å²) in [6.45, 7) is 3.24. The van der Waals surface area contributed by atoms with Crippen LogP contribution < -0.4 is 15.4 Å². The Morgan fingerprint density at radius 3 is 3.00 bits per heavy atom. The Labute approximate surface area is 127 Å². The number of carbonyl (C=O) groups is 1. The number of halogens is 1. The third kappa shape index (κ3) is 3.86. The number of ether oxygens (including phenoxy) is 2. The molecule has 1 unspecified atom stereocenters. The molecule has 2 N–H and O–H groups in total. The summed E-state index contributed by atoms with van der Waals surface area (Å²) in [5.74, 6) is 0.629. The summed E-state index contributed by atoms with van der Waals surface area (Å²) in [6, 6.07) is 3.50. The zero-order valence-corrected chi connectivity index (χ0v) is 13.2. The molecule has 0 aromatic heterocycles. The number of aryl methyl sites for hydroxylation is 1. The number of amides is 2. The molecule has 1 fully saturated rings. The van der Waals surface area contributed by atoms with E-state index in [2.05, 4.69) is 26.6 Å². The third-order valence-electron chi connectivity index (χ3n) is 3.24. The number of rotatable bonds is 4. The molecule has 2 rings (SSSR count). The average molecular weight is 343 g/mol. The molecule has 1 saturated heterocycles. The molecule has 0 radical (unpaired) electrons. The van der Waals surface area contributed by atoms with Crippen LogP contribution in [0.1, 0.15) is 18.4 Å². The van der Waals surface area contributed by atoms with Crippen molar-refractivity contribution in [1.82, 2.24) is 5.32 Å². The van der Waals surface area contributed by atoms with Crippen molar-refractivity contribution in [2.75, 3.05) is 25.6 Å². The normalized spacial score (nSPS) is 17.9. The number of urea groups is 1. The van der Waals surface area contributed by atoms with Gasteiger partial charge < -0.3 is 20.1 Å². The molecule has 110 valence electrons. The van der Waals surface area contributed by atoms with E-state index in [0.29, 0.717) is 18.0 Å². The molecule has 5 nitrogen and oxygen atoms in total. The van der Waals surface area contributed by atoms with Gasteiger partial charge in [0, 0.05) is 17.6 Å². The monoisotopic (exact) mass is 342 g/mol. The van der Waals surface area contributed by atoms with Gasteiger partial charge in [-0.25, -0.2) is 4.79 Å². The van der Waals surface area contributed by atoms with Crippen LogP contribution in [0.2, 0.25) is 0 Å². The summed E-state index contributed by atoms with van der Waals surface area (Å²) < 4.78 is 11.7. The van der Waals surface area contributed by atoms with Crippen LogP contribution in [0.15, 0.2) is 16.6 Å². The molecule has 0 spiro atoms. The maximum absolute atomic E-state index is 11.9. The molecule has 1 aliphatic rings. The number of nitrogens with one attached hydrogen (secondary N) is 2. The summed E-state index contributed by atoms with van der Waals surface area (Å²) in [4.78, 5) is 11.9. The summed E-state index contributed by atoms with van der Waals surface area (Å²) in [5.41, 5.74) is 1.61. The first-order chi connectivity index (χ1) is 9.60. The average Bonchev–Trinajstić information content (AvgIpc) is 2.92. The Morgan fingerprint density at radius 2 is 2.35 bits per heavy atom. The first-order valence-corrected chi connectivity index (χ1v) is 7.40. The molecule has 1 aromatic rings. The van der Waals surface area contributed by atoms with E-state index in [1.54, 1.807) is 7.11 Å². The lowest BCUT2D eigenvalue weighted by atomic mass is 10.2. The molecule has 0 saturated carbocycles. The van der Waals surface area contributed by atoms with Gasteiger partial charge in [0.1, 0.15) is 5.75 Å². The van der Waals surface area contributed by atoms with Gasteiger partial charge in [0.05, 0.1) is 18.9 Å². The maximum atomic E-state index is 11.9. The van der Waals surface area contributed by atoms with Gasteiger partial charge in [-0.05, 0) is 37.5 Å². The Balaban J connectivity index is 1.96. The van der Waals surface area contributed by atoms with Crippen molar-refractivity contribution in [3.8, 4) is 5.75 Å². The zero-order valence-electron chi connectivity index (χ0n) is 11.7. The lowest BCUT2D eigenvalue weighted by Crippen LogP contribution is -2.35. The van der Waals surface area contributed by atoms with Crippen molar-refractivity contribution >= 4 is 27.6 Å². The smallest absolute Gasteiger partial charge is 0.319 e. The number of methoxy groups -OCH3 is 1. The van der Waals surface area contributed by atoms with Gasteiger partial charge in [-0.2, -0.15) is 0 Å².